The van der Waals surface area contributed by atoms with Gasteiger partial charge in [-0.15, -0.1) is 0 Å². The van der Waals surface area contributed by atoms with Crippen LogP contribution in [0.2, 0.25) is 5.15 Å². The van der Waals surface area contributed by atoms with Crippen LogP contribution in [0.5, 0.6) is 5.75 Å². The van der Waals surface area contributed by atoms with E-state index >= 15 is 0 Å². The van der Waals surface area contributed by atoms with Crippen LogP contribution >= 0.6 is 11.6 Å². The normalized spacial score (nSPS) is 18.9. The van der Waals surface area contributed by atoms with Crippen molar-refractivity contribution in [3.05, 3.63) is 52.4 Å². The number of carboxylic acids is 1. The third kappa shape index (κ3) is 2.88. The molecule has 0 radical (unpaired) electrons. The lowest BCUT2D eigenvalue weighted by molar-refractivity contribution is -0.0507. The molecule has 3 heterocycles. The lowest BCUT2D eigenvalue weighted by Crippen LogP contribution is -2.16. The molecule has 0 aliphatic carbocycles. The number of benzene rings is 1. The minimum absolute atomic E-state index is 0.0978. The molecule has 0 bridgehead atoms. The number of nitrogens with zero attached hydrogens (tertiary/aromatic N) is 3. The Labute approximate surface area is 156 Å². The summed E-state index contributed by atoms with van der Waals surface area (Å²) in [5, 5.41) is 9.79. The lowest BCUT2D eigenvalue weighted by Gasteiger charge is -2.20. The molecule has 10 heteroatoms. The molecule has 0 unspecified atom stereocenters. The van der Waals surface area contributed by atoms with Crippen LogP contribution in [0.4, 0.5) is 8.78 Å². The fraction of sp³-hybridized carbons (Fsp3) is 0.235. The summed E-state index contributed by atoms with van der Waals surface area (Å²) in [4.78, 5) is 20.4. The number of fused-ring (bicyclic) bond motifs is 3. The van der Waals surface area contributed by atoms with Gasteiger partial charge < -0.3 is 20.1 Å². The summed E-state index contributed by atoms with van der Waals surface area (Å²) in [6.45, 7) is -3.10. The number of aromatic nitrogens is 3. The number of carboxylic acid groups (broad SMARTS) is 1. The van der Waals surface area contributed by atoms with Gasteiger partial charge in [-0.25, -0.2) is 14.8 Å². The Morgan fingerprint density at radius 3 is 2.81 bits per heavy atom. The van der Waals surface area contributed by atoms with E-state index in [1.807, 2.05) is 0 Å². The molecule has 0 amide bonds. The van der Waals surface area contributed by atoms with Gasteiger partial charge in [0, 0.05) is 5.56 Å². The van der Waals surface area contributed by atoms with Crippen LogP contribution in [0, 0.1) is 0 Å². The Morgan fingerprint density at radius 2 is 2.11 bits per heavy atom. The molecule has 0 saturated carbocycles. The van der Waals surface area contributed by atoms with E-state index in [2.05, 4.69) is 14.7 Å². The number of halogens is 3. The Hall–Kier alpha value is -2.78. The fourth-order valence-electron chi connectivity index (χ4n) is 3.51. The standard InChI is InChI=1S/C17H13ClF2N4O3/c18-12-5-4-9-15(23-12)24-10(6-8(21)14(24)22-9)13-7(16(25)26)2-1-3-11(13)27-17(19)20/h1-5,8,10,17H,6,21H2,(H,25,26)/t8-,10-/m1/s1. The van der Waals surface area contributed by atoms with Crippen LogP contribution in [0.1, 0.15) is 40.3 Å². The van der Waals surface area contributed by atoms with Gasteiger partial charge in [0.05, 0.1) is 17.6 Å². The van der Waals surface area contributed by atoms with E-state index in [0.29, 0.717) is 17.0 Å². The largest absolute Gasteiger partial charge is 0.478 e. The van der Waals surface area contributed by atoms with Crippen molar-refractivity contribution in [3.8, 4) is 5.75 Å². The summed E-state index contributed by atoms with van der Waals surface area (Å²) in [7, 11) is 0. The van der Waals surface area contributed by atoms with Gasteiger partial charge >= 0.3 is 12.6 Å². The van der Waals surface area contributed by atoms with Crippen LogP contribution < -0.4 is 10.5 Å². The zero-order valence-corrected chi connectivity index (χ0v) is 14.4. The van der Waals surface area contributed by atoms with Crippen LogP contribution in [0.3, 0.4) is 0 Å². The van der Waals surface area contributed by atoms with Crippen molar-refractivity contribution in [3.63, 3.8) is 0 Å². The van der Waals surface area contributed by atoms with E-state index in [1.54, 1.807) is 16.7 Å². The summed E-state index contributed by atoms with van der Waals surface area (Å²) in [6, 6.07) is 6.01. The SMILES string of the molecule is N[C@@H]1C[C@H](c2c(OC(F)F)cccc2C(=O)O)n2c1nc1ccc(Cl)nc12. The summed E-state index contributed by atoms with van der Waals surface area (Å²) in [6.07, 6.45) is 0.260. The molecular weight excluding hydrogens is 382 g/mol. The van der Waals surface area contributed by atoms with E-state index < -0.39 is 24.7 Å². The first-order valence-corrected chi connectivity index (χ1v) is 8.35. The maximum absolute atomic E-state index is 12.9. The van der Waals surface area contributed by atoms with E-state index in [-0.39, 0.29) is 28.5 Å². The Kier molecular flexibility index (Phi) is 4.20. The predicted octanol–water partition coefficient (Wildman–Crippen LogP) is 3.38. The van der Waals surface area contributed by atoms with Crippen molar-refractivity contribution in [1.29, 1.82) is 0 Å². The number of imidazole rings is 1. The molecule has 27 heavy (non-hydrogen) atoms. The van der Waals surface area contributed by atoms with Crippen LogP contribution in [-0.4, -0.2) is 32.2 Å². The first kappa shape index (κ1) is 17.6. The first-order chi connectivity index (χ1) is 12.9. The van der Waals surface area contributed by atoms with E-state index in [9.17, 15) is 18.7 Å². The molecule has 1 aliphatic heterocycles. The number of nitrogens with two attached hydrogens (primary N) is 1. The minimum Gasteiger partial charge on any atom is -0.478 e. The number of pyridine rings is 1. The lowest BCUT2D eigenvalue weighted by atomic mass is 9.96. The monoisotopic (exact) mass is 394 g/mol. The summed E-state index contributed by atoms with van der Waals surface area (Å²) >= 11 is 5.99. The molecule has 7 nitrogen and oxygen atoms in total. The second-order valence-corrected chi connectivity index (χ2v) is 6.46. The van der Waals surface area contributed by atoms with E-state index in [0.717, 1.165) is 0 Å². The molecule has 140 valence electrons. The van der Waals surface area contributed by atoms with Gasteiger partial charge in [-0.3, -0.25) is 0 Å². The van der Waals surface area contributed by atoms with Crippen LogP contribution in [-0.2, 0) is 0 Å². The number of ether oxygens (including phenoxy) is 1. The smallest absolute Gasteiger partial charge is 0.387 e. The highest BCUT2D eigenvalue weighted by atomic mass is 35.5. The van der Waals surface area contributed by atoms with Crippen molar-refractivity contribution in [1.82, 2.24) is 14.5 Å². The second-order valence-electron chi connectivity index (χ2n) is 6.08. The average Bonchev–Trinajstić information content (AvgIpc) is 3.12. The molecule has 3 aromatic rings. The third-order valence-electron chi connectivity index (χ3n) is 4.50. The molecule has 2 aromatic heterocycles. The molecule has 2 atom stereocenters. The van der Waals surface area contributed by atoms with Gasteiger partial charge in [0.2, 0.25) is 0 Å². The van der Waals surface area contributed by atoms with Crippen molar-refractivity contribution in [2.45, 2.75) is 25.1 Å². The zero-order valence-electron chi connectivity index (χ0n) is 13.6. The van der Waals surface area contributed by atoms with Gasteiger partial charge in [-0.2, -0.15) is 8.78 Å². The molecule has 0 spiro atoms. The molecule has 1 aromatic carbocycles. The zero-order chi connectivity index (χ0) is 19.3. The van der Waals surface area contributed by atoms with E-state index in [4.69, 9.17) is 17.3 Å². The number of hydrogen-bond donors (Lipinski definition) is 2. The van der Waals surface area contributed by atoms with Crippen LogP contribution in [0.25, 0.3) is 11.2 Å². The molecule has 1 aliphatic rings. The quantitative estimate of drug-likeness (QED) is 0.657. The Balaban J connectivity index is 1.97. The number of rotatable bonds is 4. The average molecular weight is 395 g/mol. The third-order valence-corrected chi connectivity index (χ3v) is 4.71. The maximum Gasteiger partial charge on any atom is 0.387 e. The van der Waals surface area contributed by atoms with Gasteiger partial charge in [0.1, 0.15) is 22.2 Å². The topological polar surface area (TPSA) is 103 Å². The Morgan fingerprint density at radius 1 is 1.33 bits per heavy atom. The fourth-order valence-corrected chi connectivity index (χ4v) is 3.65. The van der Waals surface area contributed by atoms with Gasteiger partial charge in [0.25, 0.3) is 0 Å². The number of hydrogen-bond acceptors (Lipinski definition) is 5. The number of carbonyl (C=O) groups is 1. The van der Waals surface area contributed by atoms with Crippen molar-refractivity contribution < 1.29 is 23.4 Å². The molecule has 0 saturated heterocycles. The van der Waals surface area contributed by atoms with Gasteiger partial charge in [-0.05, 0) is 30.7 Å². The number of alkyl halides is 2. The summed E-state index contributed by atoms with van der Waals surface area (Å²) < 4.78 is 32.0. The van der Waals surface area contributed by atoms with Crippen LogP contribution in [0.15, 0.2) is 30.3 Å². The molecule has 0 fully saturated rings. The second kappa shape index (κ2) is 6.43. The minimum atomic E-state index is -3.10. The highest BCUT2D eigenvalue weighted by molar-refractivity contribution is 6.29. The maximum atomic E-state index is 12.9. The molecule has 4 rings (SSSR count). The predicted molar refractivity (Wildman–Crippen MR) is 92.3 cm³/mol. The highest BCUT2D eigenvalue weighted by Crippen LogP contribution is 2.44. The van der Waals surface area contributed by atoms with Crippen molar-refractivity contribution >= 4 is 28.7 Å². The molecular formula is C17H13ClF2N4O3. The van der Waals surface area contributed by atoms with Gasteiger partial charge in [0.15, 0.2) is 5.65 Å². The van der Waals surface area contributed by atoms with Crippen molar-refractivity contribution in [2.24, 2.45) is 5.73 Å². The summed E-state index contributed by atoms with van der Waals surface area (Å²) in [5.74, 6) is -1.01. The Bertz CT molecular complexity index is 1060. The number of aromatic carboxylic acids is 1. The first-order valence-electron chi connectivity index (χ1n) is 7.97. The molecule has 3 N–H and O–H groups in total. The highest BCUT2D eigenvalue weighted by Gasteiger charge is 2.37. The van der Waals surface area contributed by atoms with Crippen molar-refractivity contribution in [2.75, 3.05) is 0 Å². The summed E-state index contributed by atoms with van der Waals surface area (Å²) in [5.41, 5.74) is 7.05. The van der Waals surface area contributed by atoms with Gasteiger partial charge in [-0.1, -0.05) is 17.7 Å². The van der Waals surface area contributed by atoms with E-state index in [1.165, 1.54) is 18.2 Å².